The zero-order chi connectivity index (χ0) is 14.6. The van der Waals surface area contributed by atoms with Crippen LogP contribution in [0.15, 0.2) is 12.4 Å². The van der Waals surface area contributed by atoms with Gasteiger partial charge in [-0.05, 0) is 19.3 Å². The van der Waals surface area contributed by atoms with E-state index in [1.807, 2.05) is 6.92 Å². The largest absolute Gasteiger partial charge is 0.393 e. The monoisotopic (exact) mass is 279 g/mol. The summed E-state index contributed by atoms with van der Waals surface area (Å²) in [7, 11) is 0. The van der Waals surface area contributed by atoms with Gasteiger partial charge >= 0.3 is 0 Å². The topological polar surface area (TPSA) is 86.6 Å². The lowest BCUT2D eigenvalue weighted by Crippen LogP contribution is -2.36. The first kappa shape index (κ1) is 14.9. The molecule has 2 rings (SSSR count). The van der Waals surface area contributed by atoms with Crippen molar-refractivity contribution in [1.29, 1.82) is 0 Å². The number of aliphatic hydroxyl groups is 2. The van der Waals surface area contributed by atoms with Crippen molar-refractivity contribution in [3.63, 3.8) is 0 Å². The molecular weight excluding hydrogens is 258 g/mol. The molecule has 0 aliphatic carbocycles. The van der Waals surface area contributed by atoms with E-state index in [0.717, 1.165) is 6.42 Å². The highest BCUT2D eigenvalue weighted by atomic mass is 16.3. The van der Waals surface area contributed by atoms with Crippen molar-refractivity contribution in [3.8, 4) is 0 Å². The summed E-state index contributed by atoms with van der Waals surface area (Å²) < 4.78 is 0. The first-order valence-electron chi connectivity index (χ1n) is 7.01. The Kier molecular flexibility index (Phi) is 4.67. The summed E-state index contributed by atoms with van der Waals surface area (Å²) in [6, 6.07) is 0. The van der Waals surface area contributed by atoms with Crippen molar-refractivity contribution >= 4 is 5.91 Å². The SMILES string of the molecule is CCc1ncc(C(=O)N2CCC[C@@](O)(CO)CC2)cn1. The van der Waals surface area contributed by atoms with Crippen LogP contribution in [-0.2, 0) is 6.42 Å². The highest BCUT2D eigenvalue weighted by molar-refractivity contribution is 5.93. The molecule has 1 fully saturated rings. The van der Waals surface area contributed by atoms with Crippen LogP contribution in [0.3, 0.4) is 0 Å². The molecule has 2 heterocycles. The van der Waals surface area contributed by atoms with Gasteiger partial charge in [0.2, 0.25) is 0 Å². The number of aryl methyl sites for hydroxylation is 1. The summed E-state index contributed by atoms with van der Waals surface area (Å²) in [5.74, 6) is 0.599. The third kappa shape index (κ3) is 3.32. The van der Waals surface area contributed by atoms with Crippen LogP contribution in [0.4, 0.5) is 0 Å². The van der Waals surface area contributed by atoms with E-state index in [-0.39, 0.29) is 12.5 Å². The molecule has 110 valence electrons. The van der Waals surface area contributed by atoms with Gasteiger partial charge in [-0.2, -0.15) is 0 Å². The number of nitrogens with zero attached hydrogens (tertiary/aromatic N) is 3. The Labute approximate surface area is 118 Å². The van der Waals surface area contributed by atoms with Crippen molar-refractivity contribution in [2.75, 3.05) is 19.7 Å². The number of amides is 1. The molecule has 0 bridgehead atoms. The van der Waals surface area contributed by atoms with Crippen molar-refractivity contribution < 1.29 is 15.0 Å². The fourth-order valence-corrected chi connectivity index (χ4v) is 2.37. The Morgan fingerprint density at radius 2 is 2.05 bits per heavy atom. The second kappa shape index (κ2) is 6.28. The quantitative estimate of drug-likeness (QED) is 0.836. The van der Waals surface area contributed by atoms with E-state index in [4.69, 9.17) is 0 Å². The first-order valence-corrected chi connectivity index (χ1v) is 7.01. The normalized spacial score (nSPS) is 23.4. The number of likely N-dealkylation sites (tertiary alicyclic amines) is 1. The molecule has 1 aliphatic heterocycles. The van der Waals surface area contributed by atoms with E-state index in [1.54, 1.807) is 17.3 Å². The average molecular weight is 279 g/mol. The lowest BCUT2D eigenvalue weighted by atomic mass is 9.96. The number of rotatable bonds is 3. The summed E-state index contributed by atoms with van der Waals surface area (Å²) in [6.07, 6.45) is 5.43. The summed E-state index contributed by atoms with van der Waals surface area (Å²) >= 11 is 0. The molecule has 20 heavy (non-hydrogen) atoms. The summed E-state index contributed by atoms with van der Waals surface area (Å²) in [5, 5.41) is 19.3. The highest BCUT2D eigenvalue weighted by Crippen LogP contribution is 2.22. The van der Waals surface area contributed by atoms with Crippen LogP contribution in [0.5, 0.6) is 0 Å². The molecule has 0 saturated carbocycles. The van der Waals surface area contributed by atoms with E-state index in [1.165, 1.54) is 0 Å². The third-order valence-electron chi connectivity index (χ3n) is 3.77. The molecule has 1 aromatic rings. The minimum absolute atomic E-state index is 0.116. The highest BCUT2D eigenvalue weighted by Gasteiger charge is 2.31. The second-order valence-corrected chi connectivity index (χ2v) is 5.27. The molecule has 0 spiro atoms. The van der Waals surface area contributed by atoms with Crippen LogP contribution in [-0.4, -0.2) is 56.3 Å². The molecule has 1 aromatic heterocycles. The predicted octanol–water partition coefficient (Wildman–Crippen LogP) is 0.388. The molecule has 0 unspecified atom stereocenters. The van der Waals surface area contributed by atoms with Crippen molar-refractivity contribution in [2.45, 2.75) is 38.2 Å². The lowest BCUT2D eigenvalue weighted by molar-refractivity contribution is -0.0250. The number of hydrogen-bond acceptors (Lipinski definition) is 5. The molecule has 1 atom stereocenters. The maximum absolute atomic E-state index is 12.4. The summed E-state index contributed by atoms with van der Waals surface area (Å²) in [5.41, 5.74) is -0.589. The minimum Gasteiger partial charge on any atom is -0.393 e. The van der Waals surface area contributed by atoms with Gasteiger partial charge in [0.1, 0.15) is 5.82 Å². The van der Waals surface area contributed by atoms with Crippen LogP contribution in [0.2, 0.25) is 0 Å². The van der Waals surface area contributed by atoms with Gasteiger partial charge in [-0.15, -0.1) is 0 Å². The Morgan fingerprint density at radius 3 is 2.65 bits per heavy atom. The first-order chi connectivity index (χ1) is 9.58. The van der Waals surface area contributed by atoms with E-state index >= 15 is 0 Å². The lowest BCUT2D eigenvalue weighted by Gasteiger charge is -2.24. The van der Waals surface area contributed by atoms with Crippen LogP contribution >= 0.6 is 0 Å². The number of aromatic nitrogens is 2. The van der Waals surface area contributed by atoms with Crippen molar-refractivity contribution in [3.05, 3.63) is 23.8 Å². The van der Waals surface area contributed by atoms with E-state index in [2.05, 4.69) is 9.97 Å². The summed E-state index contributed by atoms with van der Waals surface area (Å²) in [6.45, 7) is 2.72. The Hall–Kier alpha value is -1.53. The van der Waals surface area contributed by atoms with Crippen LogP contribution in [0.25, 0.3) is 0 Å². The Balaban J connectivity index is 2.05. The molecule has 0 aromatic carbocycles. The molecule has 1 saturated heterocycles. The third-order valence-corrected chi connectivity index (χ3v) is 3.77. The van der Waals surface area contributed by atoms with E-state index in [0.29, 0.717) is 43.7 Å². The molecular formula is C14H21N3O3. The van der Waals surface area contributed by atoms with Crippen LogP contribution < -0.4 is 0 Å². The van der Waals surface area contributed by atoms with Gasteiger partial charge in [0.15, 0.2) is 0 Å². The molecule has 6 nitrogen and oxygen atoms in total. The zero-order valence-corrected chi connectivity index (χ0v) is 11.7. The predicted molar refractivity (Wildman–Crippen MR) is 73.2 cm³/mol. The van der Waals surface area contributed by atoms with Gasteiger partial charge in [0.25, 0.3) is 5.91 Å². The maximum atomic E-state index is 12.4. The van der Waals surface area contributed by atoms with Gasteiger partial charge < -0.3 is 15.1 Å². The van der Waals surface area contributed by atoms with Gasteiger partial charge in [-0.1, -0.05) is 6.92 Å². The maximum Gasteiger partial charge on any atom is 0.256 e. The van der Waals surface area contributed by atoms with Gasteiger partial charge in [-0.25, -0.2) is 9.97 Å². The average Bonchev–Trinajstić information content (AvgIpc) is 2.69. The molecule has 6 heteroatoms. The van der Waals surface area contributed by atoms with Crippen LogP contribution in [0, 0.1) is 0 Å². The fourth-order valence-electron chi connectivity index (χ4n) is 2.37. The number of carbonyl (C=O) groups is 1. The molecule has 2 N–H and O–H groups in total. The minimum atomic E-state index is -1.06. The number of aliphatic hydroxyl groups excluding tert-OH is 1. The van der Waals surface area contributed by atoms with Crippen molar-refractivity contribution in [1.82, 2.24) is 14.9 Å². The second-order valence-electron chi connectivity index (χ2n) is 5.27. The van der Waals surface area contributed by atoms with E-state index in [9.17, 15) is 15.0 Å². The zero-order valence-electron chi connectivity index (χ0n) is 11.7. The Bertz CT molecular complexity index is 463. The van der Waals surface area contributed by atoms with Gasteiger partial charge in [0.05, 0.1) is 17.8 Å². The van der Waals surface area contributed by atoms with E-state index < -0.39 is 5.60 Å². The van der Waals surface area contributed by atoms with Gasteiger partial charge in [0, 0.05) is 31.9 Å². The molecule has 1 amide bonds. The van der Waals surface area contributed by atoms with Gasteiger partial charge in [-0.3, -0.25) is 4.79 Å². The summed E-state index contributed by atoms with van der Waals surface area (Å²) in [4.78, 5) is 22.3. The number of hydrogen-bond donors (Lipinski definition) is 2. The Morgan fingerprint density at radius 1 is 1.35 bits per heavy atom. The van der Waals surface area contributed by atoms with Crippen molar-refractivity contribution in [2.24, 2.45) is 0 Å². The number of carbonyl (C=O) groups excluding carboxylic acids is 1. The molecule has 1 aliphatic rings. The fraction of sp³-hybridized carbons (Fsp3) is 0.643. The molecule has 0 radical (unpaired) electrons. The standard InChI is InChI=1S/C14H21N3O3/c1-2-12-15-8-11(9-16-12)13(19)17-6-3-4-14(20,10-18)5-7-17/h8-9,18,20H,2-7,10H2,1H3/t14-/m0/s1. The smallest absolute Gasteiger partial charge is 0.256 e. The van der Waals surface area contributed by atoms with Crippen LogP contribution in [0.1, 0.15) is 42.4 Å².